The summed E-state index contributed by atoms with van der Waals surface area (Å²) in [6, 6.07) is 22.6. The third-order valence-electron chi connectivity index (χ3n) is 9.31. The molecule has 0 fully saturated rings. The molecule has 47 heavy (non-hydrogen) atoms. The molecule has 0 radical (unpaired) electrons. The van der Waals surface area contributed by atoms with Crippen molar-refractivity contribution in [3.63, 3.8) is 0 Å². The van der Waals surface area contributed by atoms with Gasteiger partial charge in [-0.25, -0.2) is 4.79 Å². The molecule has 2 heterocycles. The molecule has 3 aromatic carbocycles. The minimum absolute atomic E-state index is 0.0848. The second-order valence-electron chi connectivity index (χ2n) is 12.9. The van der Waals surface area contributed by atoms with Crippen LogP contribution in [0.15, 0.2) is 77.2 Å². The Labute approximate surface area is 278 Å². The van der Waals surface area contributed by atoms with Crippen LogP contribution in [-0.2, 0) is 4.79 Å². The Balaban J connectivity index is 1.67. The van der Waals surface area contributed by atoms with Crippen molar-refractivity contribution < 1.29 is 29.0 Å². The molecule has 242 valence electrons. The number of carbonyl (C=O) groups is 2. The van der Waals surface area contributed by atoms with Crippen molar-refractivity contribution >= 4 is 45.9 Å². The average Bonchev–Trinajstić information content (AvgIpc) is 3.03. The van der Waals surface area contributed by atoms with Crippen molar-refractivity contribution in [1.82, 2.24) is 4.58 Å². The van der Waals surface area contributed by atoms with E-state index in [1.54, 1.807) is 19.2 Å². The van der Waals surface area contributed by atoms with Gasteiger partial charge in [0.15, 0.2) is 0 Å². The van der Waals surface area contributed by atoms with Crippen molar-refractivity contribution in [3.8, 4) is 28.2 Å². The second-order valence-corrected chi connectivity index (χ2v) is 13.3. The average molecular weight is 654 g/mol. The van der Waals surface area contributed by atoms with E-state index < -0.39 is 11.9 Å². The zero-order valence-corrected chi connectivity index (χ0v) is 27.9. The molecule has 0 saturated heterocycles. The first-order valence-corrected chi connectivity index (χ1v) is 16.0. The molecule has 3 aliphatic rings. The molecule has 6 rings (SSSR count). The standard InChI is InChI=1S/C38H37ClN2O6/c1-22-21-38(2,3)41(16-8-11-35(42)43)31-19-33-28(17-27(22)31)36(25-9-6-7-10-26(25)37(44)45)29-18-30(39)32(20-34(29)47-33)40(4)23-12-14-24(46-5)15-13-23/h6-7,9-10,12-15,17-20,22H,8,11,16,21H2,1-5H3,(H-,42,43,44,45)/p+1. The van der Waals surface area contributed by atoms with Gasteiger partial charge in [0.25, 0.3) is 0 Å². The van der Waals surface area contributed by atoms with Gasteiger partial charge in [-0.05, 0) is 74.1 Å². The van der Waals surface area contributed by atoms with Crippen molar-refractivity contribution in [1.29, 1.82) is 0 Å². The summed E-state index contributed by atoms with van der Waals surface area (Å²) >= 11 is 7.01. The molecule has 0 spiro atoms. The Hall–Kier alpha value is -4.82. The van der Waals surface area contributed by atoms with E-state index in [0.717, 1.165) is 40.1 Å². The van der Waals surface area contributed by atoms with Gasteiger partial charge in [0.1, 0.15) is 29.2 Å². The molecule has 0 bridgehead atoms. The number of anilines is 1. The summed E-state index contributed by atoms with van der Waals surface area (Å²) in [5.74, 6) is -0.352. The van der Waals surface area contributed by atoms with Crippen LogP contribution in [-0.4, -0.2) is 48.4 Å². The number of nitrogens with zero attached hydrogens (tertiary/aromatic N) is 2. The highest BCUT2D eigenvalue weighted by Gasteiger charge is 2.37. The molecule has 3 aromatic rings. The molecule has 0 amide bonds. The van der Waals surface area contributed by atoms with E-state index in [2.05, 4.69) is 31.7 Å². The van der Waals surface area contributed by atoms with Crippen LogP contribution in [0, 0.1) is 0 Å². The largest absolute Gasteiger partial charge is 0.497 e. The molecule has 1 unspecified atom stereocenters. The highest BCUT2D eigenvalue weighted by Crippen LogP contribution is 2.49. The SMILES string of the molecule is COc1ccc([N+](C)=c2cc3oc4cc5c(cc4c(-c4ccccc4C(=O)O)c-3cc2Cl)C(C)CC(C)(C)N5CCCC(=O)O)cc1. The van der Waals surface area contributed by atoms with Crippen molar-refractivity contribution in [3.05, 3.63) is 94.3 Å². The third-order valence-corrected chi connectivity index (χ3v) is 9.62. The van der Waals surface area contributed by atoms with Crippen molar-refractivity contribution in [2.75, 3.05) is 25.6 Å². The maximum absolute atomic E-state index is 12.5. The summed E-state index contributed by atoms with van der Waals surface area (Å²) in [6.07, 6.45) is 1.47. The minimum Gasteiger partial charge on any atom is -0.497 e. The summed E-state index contributed by atoms with van der Waals surface area (Å²) in [7, 11) is 3.55. The lowest BCUT2D eigenvalue weighted by Gasteiger charge is -2.47. The van der Waals surface area contributed by atoms with Gasteiger partial charge in [0.2, 0.25) is 11.0 Å². The first-order chi connectivity index (χ1) is 22.4. The molecular formula is C38H38ClN2O6+. The number of aromatic carboxylic acids is 1. The van der Waals surface area contributed by atoms with Gasteiger partial charge in [0, 0.05) is 58.9 Å². The molecule has 0 saturated carbocycles. The minimum atomic E-state index is -1.03. The number of ether oxygens (including phenoxy) is 1. The summed E-state index contributed by atoms with van der Waals surface area (Å²) < 4.78 is 14.0. The smallest absolute Gasteiger partial charge is 0.336 e. The first-order valence-electron chi connectivity index (χ1n) is 15.7. The van der Waals surface area contributed by atoms with Gasteiger partial charge >= 0.3 is 11.9 Å². The number of hydrogen-bond acceptors (Lipinski definition) is 5. The predicted octanol–water partition coefficient (Wildman–Crippen LogP) is 8.26. The molecule has 2 N–H and O–H groups in total. The predicted molar refractivity (Wildman–Crippen MR) is 185 cm³/mol. The Morgan fingerprint density at radius 2 is 1.77 bits per heavy atom. The van der Waals surface area contributed by atoms with Crippen molar-refractivity contribution in [2.24, 2.45) is 0 Å². The summed E-state index contributed by atoms with van der Waals surface area (Å²) in [5, 5.41) is 21.6. The number of carboxylic acid groups (broad SMARTS) is 2. The van der Waals surface area contributed by atoms with E-state index in [9.17, 15) is 19.8 Å². The third kappa shape index (κ3) is 5.94. The summed E-state index contributed by atoms with van der Waals surface area (Å²) in [5.41, 5.74) is 5.57. The number of hydrogen-bond donors (Lipinski definition) is 2. The van der Waals surface area contributed by atoms with E-state index in [-0.39, 0.29) is 23.4 Å². The Bertz CT molecular complexity index is 2060. The first kappa shape index (κ1) is 32.1. The number of rotatable bonds is 8. The van der Waals surface area contributed by atoms with E-state index in [1.165, 1.54) is 0 Å². The lowest BCUT2D eigenvalue weighted by molar-refractivity contribution is -0.137. The van der Waals surface area contributed by atoms with Crippen LogP contribution in [0.1, 0.15) is 61.9 Å². The Morgan fingerprint density at radius 1 is 1.04 bits per heavy atom. The molecule has 0 aromatic heterocycles. The van der Waals surface area contributed by atoms with Crippen LogP contribution >= 0.6 is 11.6 Å². The fraction of sp³-hybridized carbons (Fsp3) is 0.289. The van der Waals surface area contributed by atoms with E-state index >= 15 is 0 Å². The lowest BCUT2D eigenvalue weighted by atomic mass is 9.78. The maximum Gasteiger partial charge on any atom is 0.336 e. The van der Waals surface area contributed by atoms with Crippen LogP contribution < -0.4 is 19.6 Å². The lowest BCUT2D eigenvalue weighted by Crippen LogP contribution is -2.48. The monoisotopic (exact) mass is 653 g/mol. The highest BCUT2D eigenvalue weighted by atomic mass is 35.5. The topological polar surface area (TPSA) is 103 Å². The molecule has 8 nitrogen and oxygen atoms in total. The zero-order valence-electron chi connectivity index (χ0n) is 27.1. The van der Waals surface area contributed by atoms with Crippen LogP contribution in [0.2, 0.25) is 5.02 Å². The van der Waals surface area contributed by atoms with Crippen LogP contribution in [0.4, 0.5) is 11.4 Å². The summed E-state index contributed by atoms with van der Waals surface area (Å²) in [6.45, 7) is 7.15. The normalized spacial score (nSPS) is 16.2. The fourth-order valence-corrected chi connectivity index (χ4v) is 7.36. The second kappa shape index (κ2) is 12.4. The quantitative estimate of drug-likeness (QED) is 0.128. The Kier molecular flexibility index (Phi) is 8.49. The van der Waals surface area contributed by atoms with Gasteiger partial charge in [-0.2, -0.15) is 4.58 Å². The molecule has 2 aliphatic heterocycles. The number of carboxylic acids is 2. The van der Waals surface area contributed by atoms with Gasteiger partial charge in [0.05, 0.1) is 18.7 Å². The number of aliphatic carboxylic acids is 1. The van der Waals surface area contributed by atoms with E-state index in [1.807, 2.05) is 66.2 Å². The van der Waals surface area contributed by atoms with E-state index in [4.69, 9.17) is 20.8 Å². The summed E-state index contributed by atoms with van der Waals surface area (Å²) in [4.78, 5) is 26.2. The molecule has 1 atom stereocenters. The highest BCUT2D eigenvalue weighted by molar-refractivity contribution is 6.31. The van der Waals surface area contributed by atoms with Crippen LogP contribution in [0.3, 0.4) is 0 Å². The van der Waals surface area contributed by atoms with Crippen molar-refractivity contribution in [2.45, 2.75) is 51.5 Å². The number of benzene rings is 4. The Morgan fingerprint density at radius 3 is 2.45 bits per heavy atom. The van der Waals surface area contributed by atoms with Crippen LogP contribution in [0.25, 0.3) is 33.4 Å². The van der Waals surface area contributed by atoms with Gasteiger partial charge in [-0.15, -0.1) is 0 Å². The fourth-order valence-electron chi connectivity index (χ4n) is 7.07. The number of fused-ring (bicyclic) bond motifs is 3. The number of halogens is 1. The molecule has 9 heteroatoms. The van der Waals surface area contributed by atoms with Crippen LogP contribution in [0.5, 0.6) is 5.75 Å². The van der Waals surface area contributed by atoms with Gasteiger partial charge in [-0.1, -0.05) is 36.7 Å². The van der Waals surface area contributed by atoms with Gasteiger partial charge in [-0.3, -0.25) is 4.79 Å². The van der Waals surface area contributed by atoms with Gasteiger partial charge < -0.3 is 24.3 Å². The molecular weight excluding hydrogens is 616 g/mol. The molecule has 1 aliphatic carbocycles. The maximum atomic E-state index is 12.5. The zero-order chi connectivity index (χ0) is 33.6. The number of methoxy groups -OCH3 is 1. The van der Waals surface area contributed by atoms with E-state index in [0.29, 0.717) is 45.8 Å².